The van der Waals surface area contributed by atoms with E-state index in [2.05, 4.69) is 15.3 Å². The Hall–Kier alpha value is -2.92. The molecule has 25 heavy (non-hydrogen) atoms. The van der Waals surface area contributed by atoms with Gasteiger partial charge in [0.15, 0.2) is 5.16 Å². The summed E-state index contributed by atoms with van der Waals surface area (Å²) in [6.45, 7) is 0. The lowest BCUT2D eigenvalue weighted by Crippen LogP contribution is -2.02. The predicted molar refractivity (Wildman–Crippen MR) is 102 cm³/mol. The van der Waals surface area contributed by atoms with Crippen LogP contribution >= 0.6 is 0 Å². The number of nitrogens with zero attached hydrogens (tertiary/aromatic N) is 1. The maximum absolute atomic E-state index is 12.8. The van der Waals surface area contributed by atoms with Gasteiger partial charge in [-0.3, -0.25) is 4.21 Å². The molecular formula is C20H17N3OS. The third kappa shape index (κ3) is 3.46. The van der Waals surface area contributed by atoms with Crippen molar-refractivity contribution in [2.24, 2.45) is 0 Å². The summed E-state index contributed by atoms with van der Waals surface area (Å²) in [6.07, 6.45) is 0. The third-order valence-electron chi connectivity index (χ3n) is 3.94. The van der Waals surface area contributed by atoms with Gasteiger partial charge in [-0.15, -0.1) is 0 Å². The van der Waals surface area contributed by atoms with Gasteiger partial charge >= 0.3 is 0 Å². The quantitative estimate of drug-likeness (QED) is 0.554. The van der Waals surface area contributed by atoms with E-state index >= 15 is 0 Å². The van der Waals surface area contributed by atoms with Crippen LogP contribution in [0.2, 0.25) is 0 Å². The zero-order valence-corrected chi connectivity index (χ0v) is 14.3. The number of para-hydroxylation sites is 4. The minimum Gasteiger partial charge on any atom is -0.355 e. The number of fused-ring (bicyclic) bond motifs is 1. The molecule has 0 saturated carbocycles. The highest BCUT2D eigenvalue weighted by Gasteiger charge is 2.13. The van der Waals surface area contributed by atoms with Gasteiger partial charge in [0.25, 0.3) is 0 Å². The number of H-pyrrole nitrogens is 1. The predicted octanol–water partition coefficient (Wildman–Crippen LogP) is 4.61. The molecule has 0 spiro atoms. The van der Waals surface area contributed by atoms with E-state index in [0.717, 1.165) is 28.0 Å². The first kappa shape index (κ1) is 15.6. The molecule has 0 bridgehead atoms. The van der Waals surface area contributed by atoms with Gasteiger partial charge in [-0.1, -0.05) is 48.5 Å². The van der Waals surface area contributed by atoms with Crippen molar-refractivity contribution in [3.63, 3.8) is 0 Å². The molecule has 0 aliphatic rings. The van der Waals surface area contributed by atoms with Crippen molar-refractivity contribution >= 4 is 33.2 Å². The topological polar surface area (TPSA) is 57.8 Å². The minimum atomic E-state index is -1.24. The molecule has 3 aromatic carbocycles. The zero-order valence-electron chi connectivity index (χ0n) is 13.5. The average Bonchev–Trinajstić information content (AvgIpc) is 3.09. The average molecular weight is 347 g/mol. The molecule has 1 aromatic heterocycles. The van der Waals surface area contributed by atoms with Crippen LogP contribution in [-0.2, 0) is 16.6 Å². The molecule has 0 radical (unpaired) electrons. The Morgan fingerprint density at radius 3 is 2.44 bits per heavy atom. The highest BCUT2D eigenvalue weighted by molar-refractivity contribution is 7.84. The number of hydrogen-bond donors (Lipinski definition) is 2. The van der Waals surface area contributed by atoms with Crippen molar-refractivity contribution in [2.45, 2.75) is 10.9 Å². The van der Waals surface area contributed by atoms with Gasteiger partial charge in [-0.05, 0) is 35.9 Å². The summed E-state index contributed by atoms with van der Waals surface area (Å²) in [7, 11) is -1.24. The minimum absolute atomic E-state index is 0.399. The Morgan fingerprint density at radius 1 is 0.880 bits per heavy atom. The maximum atomic E-state index is 12.8. The van der Waals surface area contributed by atoms with E-state index in [-0.39, 0.29) is 0 Å². The fourth-order valence-corrected chi connectivity index (χ4v) is 3.79. The molecule has 4 rings (SSSR count). The van der Waals surface area contributed by atoms with E-state index in [1.54, 1.807) is 0 Å². The molecular weight excluding hydrogens is 330 g/mol. The van der Waals surface area contributed by atoms with Crippen LogP contribution in [0.25, 0.3) is 11.0 Å². The van der Waals surface area contributed by atoms with Crippen molar-refractivity contribution in [1.82, 2.24) is 9.97 Å². The largest absolute Gasteiger partial charge is 0.355 e. The van der Waals surface area contributed by atoms with Crippen LogP contribution in [0.4, 0.5) is 11.4 Å². The Balaban J connectivity index is 1.59. The zero-order chi connectivity index (χ0) is 17.1. The van der Waals surface area contributed by atoms with Gasteiger partial charge < -0.3 is 10.3 Å². The number of imidazole rings is 1. The van der Waals surface area contributed by atoms with Crippen LogP contribution in [0.15, 0.2) is 84.0 Å². The van der Waals surface area contributed by atoms with Crippen molar-refractivity contribution in [2.75, 3.05) is 5.32 Å². The van der Waals surface area contributed by atoms with Crippen LogP contribution < -0.4 is 5.32 Å². The molecule has 1 atom stereocenters. The van der Waals surface area contributed by atoms with Crippen molar-refractivity contribution < 1.29 is 4.21 Å². The number of benzene rings is 3. The molecule has 0 saturated heterocycles. The molecule has 0 fully saturated rings. The SMILES string of the molecule is O=S(Cc1ccccc1Nc1ccccc1)c1nc2ccccc2[nH]1. The lowest BCUT2D eigenvalue weighted by Gasteiger charge is -2.11. The number of anilines is 2. The summed E-state index contributed by atoms with van der Waals surface area (Å²) < 4.78 is 12.8. The van der Waals surface area contributed by atoms with Gasteiger partial charge in [-0.2, -0.15) is 0 Å². The van der Waals surface area contributed by atoms with Gasteiger partial charge in [0.1, 0.15) is 0 Å². The Bertz CT molecular complexity index is 994. The number of rotatable bonds is 5. The van der Waals surface area contributed by atoms with Crippen LogP contribution in [0.3, 0.4) is 0 Å². The fraction of sp³-hybridized carbons (Fsp3) is 0.0500. The molecule has 5 heteroatoms. The van der Waals surface area contributed by atoms with E-state index in [9.17, 15) is 4.21 Å². The Labute approximate surface area is 148 Å². The highest BCUT2D eigenvalue weighted by atomic mass is 32.2. The second-order valence-electron chi connectivity index (χ2n) is 5.70. The lowest BCUT2D eigenvalue weighted by molar-refractivity contribution is 0.677. The standard InChI is InChI=1S/C20H17N3OS/c24-25(20-22-18-12-6-7-13-19(18)23-20)14-15-8-4-5-11-17(15)21-16-9-2-1-3-10-16/h1-13,21H,14H2,(H,22,23). The van der Waals surface area contributed by atoms with Crippen molar-refractivity contribution in [3.8, 4) is 0 Å². The summed E-state index contributed by atoms with van der Waals surface area (Å²) in [5, 5.41) is 3.90. The van der Waals surface area contributed by atoms with Crippen LogP contribution in [0, 0.1) is 0 Å². The van der Waals surface area contributed by atoms with Crippen molar-refractivity contribution in [1.29, 1.82) is 0 Å². The van der Waals surface area contributed by atoms with E-state index in [1.807, 2.05) is 78.9 Å². The van der Waals surface area contributed by atoms with Gasteiger partial charge in [-0.25, -0.2) is 4.98 Å². The molecule has 4 nitrogen and oxygen atoms in total. The first-order valence-corrected chi connectivity index (χ1v) is 9.34. The number of aromatic nitrogens is 2. The summed E-state index contributed by atoms with van der Waals surface area (Å²) in [5.74, 6) is 0.399. The van der Waals surface area contributed by atoms with E-state index < -0.39 is 10.8 Å². The molecule has 4 aromatic rings. The molecule has 1 unspecified atom stereocenters. The van der Waals surface area contributed by atoms with Crippen molar-refractivity contribution in [3.05, 3.63) is 84.4 Å². The van der Waals surface area contributed by atoms with E-state index in [0.29, 0.717) is 10.9 Å². The Kier molecular flexibility index (Phi) is 4.31. The molecule has 2 N–H and O–H groups in total. The third-order valence-corrected chi connectivity index (χ3v) is 5.14. The lowest BCUT2D eigenvalue weighted by atomic mass is 10.2. The first-order valence-electron chi connectivity index (χ1n) is 8.03. The van der Waals surface area contributed by atoms with Crippen LogP contribution in [0.5, 0.6) is 0 Å². The monoisotopic (exact) mass is 347 g/mol. The molecule has 1 heterocycles. The van der Waals surface area contributed by atoms with Gasteiger partial charge in [0.2, 0.25) is 0 Å². The summed E-state index contributed by atoms with van der Waals surface area (Å²) >= 11 is 0. The summed E-state index contributed by atoms with van der Waals surface area (Å²) in [4.78, 5) is 7.60. The molecule has 0 aliphatic heterocycles. The van der Waals surface area contributed by atoms with E-state index in [1.165, 1.54) is 0 Å². The second-order valence-corrected chi connectivity index (χ2v) is 7.06. The Morgan fingerprint density at radius 2 is 1.60 bits per heavy atom. The normalized spacial score (nSPS) is 12.2. The molecule has 0 amide bonds. The maximum Gasteiger partial charge on any atom is 0.197 e. The van der Waals surface area contributed by atoms with E-state index in [4.69, 9.17) is 0 Å². The van der Waals surface area contributed by atoms with Crippen LogP contribution in [0.1, 0.15) is 5.56 Å². The van der Waals surface area contributed by atoms with Crippen LogP contribution in [-0.4, -0.2) is 14.2 Å². The fourth-order valence-electron chi connectivity index (χ4n) is 2.69. The molecule has 124 valence electrons. The van der Waals surface area contributed by atoms with Gasteiger partial charge in [0, 0.05) is 11.4 Å². The number of hydrogen-bond acceptors (Lipinski definition) is 3. The smallest absolute Gasteiger partial charge is 0.197 e. The summed E-state index contributed by atoms with van der Waals surface area (Å²) in [6, 6.07) is 25.6. The molecule has 0 aliphatic carbocycles. The highest BCUT2D eigenvalue weighted by Crippen LogP contribution is 2.23. The number of aromatic amines is 1. The number of nitrogens with one attached hydrogen (secondary N) is 2. The van der Waals surface area contributed by atoms with Gasteiger partial charge in [0.05, 0.1) is 27.6 Å². The summed E-state index contributed by atoms with van der Waals surface area (Å²) in [5.41, 5.74) is 4.69. The first-order chi connectivity index (χ1) is 12.3. The second kappa shape index (κ2) is 6.91.